The van der Waals surface area contributed by atoms with Gasteiger partial charge < -0.3 is 10.6 Å². The third kappa shape index (κ3) is 3.41. The molecule has 6 atom stereocenters. The number of fused-ring (bicyclic) bond motifs is 7. The molecule has 4 heteroatoms. The molecule has 190 valence electrons. The molecule has 0 aromatic heterocycles. The number of carbonyl (C=O) groups excluding carboxylic acids is 2. The van der Waals surface area contributed by atoms with Crippen LogP contribution in [0.1, 0.15) is 52.4 Å². The highest BCUT2D eigenvalue weighted by atomic mass is 16.2. The lowest BCUT2D eigenvalue weighted by atomic mass is 9.50. The van der Waals surface area contributed by atoms with E-state index >= 15 is 0 Å². The van der Waals surface area contributed by atoms with Crippen LogP contribution in [-0.4, -0.2) is 18.2 Å². The standard InChI is InChI=1S/C33H36N2O2/c1-32-15-13-27-25(19-34-30-18-23(36)12-14-33(27,30)2)26(32)10-11-28(32)31(37)35-29-9-5-8-22-16-20-6-3-4-7-21(20)17-24(22)29/h3-9,16-18,25-28,34H,10-15,19H2,1-2H3,(H,35,37)/t25-,26-,27-,28+,32-,33+/m0/s1. The summed E-state index contributed by atoms with van der Waals surface area (Å²) in [5.41, 5.74) is 2.18. The summed E-state index contributed by atoms with van der Waals surface area (Å²) in [5.74, 6) is 2.19. The average molecular weight is 493 g/mol. The van der Waals surface area contributed by atoms with Gasteiger partial charge in [-0.15, -0.1) is 0 Å². The van der Waals surface area contributed by atoms with Gasteiger partial charge >= 0.3 is 0 Å². The monoisotopic (exact) mass is 492 g/mol. The molecule has 1 saturated heterocycles. The molecule has 3 aromatic carbocycles. The fourth-order valence-corrected chi connectivity index (χ4v) is 8.87. The van der Waals surface area contributed by atoms with E-state index in [1.165, 1.54) is 16.5 Å². The van der Waals surface area contributed by atoms with Crippen molar-refractivity contribution in [2.24, 2.45) is 34.5 Å². The summed E-state index contributed by atoms with van der Waals surface area (Å²) in [4.78, 5) is 26.0. The maximum absolute atomic E-state index is 13.9. The van der Waals surface area contributed by atoms with Crippen molar-refractivity contribution >= 4 is 38.9 Å². The van der Waals surface area contributed by atoms with Crippen molar-refractivity contribution in [3.8, 4) is 0 Å². The van der Waals surface area contributed by atoms with Crippen molar-refractivity contribution in [1.82, 2.24) is 5.32 Å². The van der Waals surface area contributed by atoms with Crippen LogP contribution in [0.2, 0.25) is 0 Å². The Morgan fingerprint density at radius 2 is 1.70 bits per heavy atom. The maximum atomic E-state index is 13.9. The van der Waals surface area contributed by atoms with Gasteiger partial charge in [0.25, 0.3) is 0 Å². The van der Waals surface area contributed by atoms with Crippen molar-refractivity contribution in [2.75, 3.05) is 11.9 Å². The highest BCUT2D eigenvalue weighted by Gasteiger charge is 2.60. The quantitative estimate of drug-likeness (QED) is 0.385. The van der Waals surface area contributed by atoms with Gasteiger partial charge in [-0.1, -0.05) is 50.2 Å². The van der Waals surface area contributed by atoms with E-state index in [9.17, 15) is 9.59 Å². The fraction of sp³-hybridized carbons (Fsp3) is 0.455. The Kier molecular flexibility index (Phi) is 5.09. The van der Waals surface area contributed by atoms with Crippen LogP contribution in [0.4, 0.5) is 5.69 Å². The molecule has 2 N–H and O–H groups in total. The Morgan fingerprint density at radius 1 is 0.919 bits per heavy atom. The lowest BCUT2D eigenvalue weighted by Crippen LogP contribution is -2.57. The molecular weight excluding hydrogens is 456 g/mol. The topological polar surface area (TPSA) is 58.2 Å². The Hall–Kier alpha value is -3.14. The first-order valence-electron chi connectivity index (χ1n) is 14.1. The molecule has 1 aliphatic heterocycles. The Bertz CT molecular complexity index is 1470. The summed E-state index contributed by atoms with van der Waals surface area (Å²) in [6.07, 6.45) is 7.81. The highest BCUT2D eigenvalue weighted by molar-refractivity contribution is 6.07. The third-order valence-corrected chi connectivity index (χ3v) is 10.9. The number of anilines is 1. The predicted molar refractivity (Wildman–Crippen MR) is 149 cm³/mol. The molecule has 3 fully saturated rings. The summed E-state index contributed by atoms with van der Waals surface area (Å²) >= 11 is 0. The number of hydrogen-bond acceptors (Lipinski definition) is 3. The zero-order valence-electron chi connectivity index (χ0n) is 21.8. The lowest BCUT2D eigenvalue weighted by Gasteiger charge is -2.58. The van der Waals surface area contributed by atoms with Gasteiger partial charge in [0, 0.05) is 47.1 Å². The van der Waals surface area contributed by atoms with Crippen LogP contribution in [0, 0.1) is 34.5 Å². The highest BCUT2D eigenvalue weighted by Crippen LogP contribution is 2.64. The number of ketones is 1. The van der Waals surface area contributed by atoms with Crippen LogP contribution in [0.3, 0.4) is 0 Å². The van der Waals surface area contributed by atoms with Crippen LogP contribution < -0.4 is 10.6 Å². The summed E-state index contributed by atoms with van der Waals surface area (Å²) < 4.78 is 0. The molecule has 3 aromatic rings. The second-order valence-electron chi connectivity index (χ2n) is 12.6. The van der Waals surface area contributed by atoms with E-state index in [1.54, 1.807) is 0 Å². The number of carbonyl (C=O) groups is 2. The largest absolute Gasteiger partial charge is 0.387 e. The smallest absolute Gasteiger partial charge is 0.228 e. The number of hydrogen-bond donors (Lipinski definition) is 2. The molecule has 37 heavy (non-hydrogen) atoms. The number of piperidine rings is 1. The van der Waals surface area contributed by atoms with Gasteiger partial charge in [-0.05, 0) is 89.6 Å². The SMILES string of the molecule is C[C@]12CC[C@H]3[C@@H](CNC4=CC(=O)CC[C@@]43C)[C@@H]1CC[C@@H]2C(=O)Nc1cccc2cc3ccccc3cc12. The molecule has 4 aliphatic rings. The van der Waals surface area contributed by atoms with E-state index in [0.717, 1.165) is 55.1 Å². The van der Waals surface area contributed by atoms with Gasteiger partial charge in [-0.25, -0.2) is 0 Å². The summed E-state index contributed by atoms with van der Waals surface area (Å²) in [6, 6.07) is 19.1. The molecule has 1 amide bonds. The van der Waals surface area contributed by atoms with Crippen molar-refractivity contribution in [3.63, 3.8) is 0 Å². The van der Waals surface area contributed by atoms with E-state index < -0.39 is 0 Å². The number of benzene rings is 3. The van der Waals surface area contributed by atoms with Crippen molar-refractivity contribution in [2.45, 2.75) is 52.4 Å². The average Bonchev–Trinajstić information content (AvgIpc) is 3.25. The minimum atomic E-state index is 0.0201. The summed E-state index contributed by atoms with van der Waals surface area (Å²) in [7, 11) is 0. The fourth-order valence-electron chi connectivity index (χ4n) is 8.87. The van der Waals surface area contributed by atoms with Crippen molar-refractivity contribution in [3.05, 3.63) is 66.4 Å². The molecule has 7 rings (SSSR count). The molecule has 0 unspecified atom stereocenters. The minimum absolute atomic E-state index is 0.0201. The maximum Gasteiger partial charge on any atom is 0.228 e. The summed E-state index contributed by atoms with van der Waals surface area (Å²) in [6.45, 7) is 5.70. The van der Waals surface area contributed by atoms with Crippen molar-refractivity contribution in [1.29, 1.82) is 0 Å². The molecule has 3 aliphatic carbocycles. The second kappa shape index (κ2) is 8.18. The normalized spacial score (nSPS) is 34.8. The Balaban J connectivity index is 1.16. The molecular formula is C33H36N2O2. The van der Waals surface area contributed by atoms with E-state index in [-0.39, 0.29) is 28.4 Å². The van der Waals surface area contributed by atoms with Crippen LogP contribution >= 0.6 is 0 Å². The molecule has 0 spiro atoms. The Morgan fingerprint density at radius 3 is 2.54 bits per heavy atom. The van der Waals surface area contributed by atoms with Crippen LogP contribution in [0.15, 0.2) is 66.4 Å². The number of nitrogens with one attached hydrogen (secondary N) is 2. The molecule has 0 radical (unpaired) electrons. The zero-order valence-corrected chi connectivity index (χ0v) is 21.8. The van der Waals surface area contributed by atoms with Gasteiger partial charge in [-0.3, -0.25) is 9.59 Å². The first-order chi connectivity index (χ1) is 17.9. The predicted octanol–water partition coefficient (Wildman–Crippen LogP) is 6.85. The first kappa shape index (κ1) is 23.0. The van der Waals surface area contributed by atoms with E-state index in [1.807, 2.05) is 18.2 Å². The Labute approximate surface area is 218 Å². The minimum Gasteiger partial charge on any atom is -0.387 e. The van der Waals surface area contributed by atoms with Gasteiger partial charge in [0.05, 0.1) is 0 Å². The van der Waals surface area contributed by atoms with Gasteiger partial charge in [0.2, 0.25) is 5.91 Å². The van der Waals surface area contributed by atoms with E-state index in [0.29, 0.717) is 24.2 Å². The van der Waals surface area contributed by atoms with Crippen molar-refractivity contribution < 1.29 is 9.59 Å². The molecule has 0 bridgehead atoms. The molecule has 2 saturated carbocycles. The third-order valence-electron chi connectivity index (χ3n) is 10.9. The molecule has 4 nitrogen and oxygen atoms in total. The lowest BCUT2D eigenvalue weighted by molar-refractivity contribution is -0.127. The summed E-state index contributed by atoms with van der Waals surface area (Å²) in [5, 5.41) is 11.7. The van der Waals surface area contributed by atoms with Gasteiger partial charge in [0.1, 0.15) is 0 Å². The number of allylic oxidation sites excluding steroid dienone is 2. The number of rotatable bonds is 2. The van der Waals surface area contributed by atoms with Crippen LogP contribution in [0.25, 0.3) is 21.5 Å². The van der Waals surface area contributed by atoms with E-state index in [4.69, 9.17) is 0 Å². The van der Waals surface area contributed by atoms with Crippen LogP contribution in [-0.2, 0) is 9.59 Å². The van der Waals surface area contributed by atoms with Crippen LogP contribution in [0.5, 0.6) is 0 Å². The van der Waals surface area contributed by atoms with E-state index in [2.05, 4.69) is 66.9 Å². The molecule has 1 heterocycles. The zero-order chi connectivity index (χ0) is 25.4. The van der Waals surface area contributed by atoms with Gasteiger partial charge in [-0.2, -0.15) is 0 Å². The first-order valence-corrected chi connectivity index (χ1v) is 14.1. The van der Waals surface area contributed by atoms with Gasteiger partial charge in [0.15, 0.2) is 5.78 Å². The number of amides is 1. The second-order valence-corrected chi connectivity index (χ2v) is 12.6.